The molecule has 3 aromatic heterocycles. The Morgan fingerprint density at radius 3 is 2.74 bits per heavy atom. The third-order valence-electron chi connectivity index (χ3n) is 5.06. The van der Waals surface area contributed by atoms with E-state index in [1.807, 2.05) is 32.2 Å². The number of amides is 1. The van der Waals surface area contributed by atoms with Crippen molar-refractivity contribution in [1.29, 1.82) is 0 Å². The number of aromatic nitrogens is 4. The molecule has 9 nitrogen and oxygen atoms in total. The van der Waals surface area contributed by atoms with Crippen LogP contribution in [0.5, 0.6) is 0 Å². The number of pyridine rings is 2. The van der Waals surface area contributed by atoms with Crippen molar-refractivity contribution in [3.05, 3.63) is 69.7 Å². The van der Waals surface area contributed by atoms with Crippen molar-refractivity contribution in [3.63, 3.8) is 0 Å². The van der Waals surface area contributed by atoms with E-state index in [9.17, 15) is 9.59 Å². The first-order valence-corrected chi connectivity index (χ1v) is 10.0. The molecule has 3 rings (SSSR count). The largest absolute Gasteiger partial charge is 0.382 e. The summed E-state index contributed by atoms with van der Waals surface area (Å²) < 4.78 is 1.49. The average molecular weight is 422 g/mol. The summed E-state index contributed by atoms with van der Waals surface area (Å²) >= 11 is 0. The number of nitrogens with zero attached hydrogens (tertiary/aromatic N) is 4. The van der Waals surface area contributed by atoms with Crippen molar-refractivity contribution >= 4 is 17.5 Å². The molecule has 0 saturated carbocycles. The smallest absolute Gasteiger partial charge is 0.298 e. The van der Waals surface area contributed by atoms with E-state index in [0.717, 1.165) is 11.1 Å². The molecular formula is C22H27N7O2. The van der Waals surface area contributed by atoms with Gasteiger partial charge in [0.05, 0.1) is 5.69 Å². The Morgan fingerprint density at radius 1 is 1.29 bits per heavy atom. The Hall–Kier alpha value is -3.75. The lowest BCUT2D eigenvalue weighted by Gasteiger charge is -2.17. The van der Waals surface area contributed by atoms with Crippen molar-refractivity contribution < 1.29 is 4.79 Å². The lowest BCUT2D eigenvalue weighted by Crippen LogP contribution is -2.28. The van der Waals surface area contributed by atoms with E-state index in [0.29, 0.717) is 30.2 Å². The standard InChI is InChI=1S/C22H27N7O2/c1-13(17-6-5-7-24-11-17)9-26-21-22(31)29(14(2)10-27-21)19-8-18(12-25-16(4)30)15(3)28-20(19)23/h5-8,10-11,13H,9,12H2,1-4H3,(H2,23,28)(H,25,30)(H,26,27). The highest BCUT2D eigenvalue weighted by molar-refractivity contribution is 5.73. The maximum Gasteiger partial charge on any atom is 0.298 e. The highest BCUT2D eigenvalue weighted by Gasteiger charge is 2.16. The van der Waals surface area contributed by atoms with Crippen LogP contribution in [0, 0.1) is 13.8 Å². The van der Waals surface area contributed by atoms with Crippen LogP contribution in [0.1, 0.15) is 42.3 Å². The highest BCUT2D eigenvalue weighted by Crippen LogP contribution is 2.20. The number of rotatable bonds is 7. The number of nitrogens with one attached hydrogen (secondary N) is 2. The fourth-order valence-corrected chi connectivity index (χ4v) is 3.22. The van der Waals surface area contributed by atoms with Gasteiger partial charge in [0.15, 0.2) is 5.82 Å². The number of carbonyl (C=O) groups excluding carboxylic acids is 1. The zero-order valence-corrected chi connectivity index (χ0v) is 18.1. The molecule has 0 aliphatic heterocycles. The molecule has 162 valence electrons. The fourth-order valence-electron chi connectivity index (χ4n) is 3.22. The first kappa shape index (κ1) is 21.9. The molecule has 1 amide bonds. The molecular weight excluding hydrogens is 394 g/mol. The van der Waals surface area contributed by atoms with E-state index < -0.39 is 0 Å². The van der Waals surface area contributed by atoms with E-state index in [4.69, 9.17) is 5.73 Å². The van der Waals surface area contributed by atoms with Gasteiger partial charge < -0.3 is 16.4 Å². The predicted octanol–water partition coefficient (Wildman–Crippen LogP) is 2.07. The Labute approximate surface area is 180 Å². The topological polar surface area (TPSA) is 128 Å². The SMILES string of the molecule is CC(=O)NCc1cc(-n2c(C)cnc(NCC(C)c3cccnc3)c2=O)c(N)nc1C. The van der Waals surface area contributed by atoms with Crippen molar-refractivity contribution in [2.75, 3.05) is 17.6 Å². The number of hydrogen-bond donors (Lipinski definition) is 3. The third-order valence-corrected chi connectivity index (χ3v) is 5.06. The number of aryl methyl sites for hydroxylation is 2. The van der Waals surface area contributed by atoms with Gasteiger partial charge in [0, 0.05) is 50.0 Å². The van der Waals surface area contributed by atoms with Gasteiger partial charge in [-0.05, 0) is 43.0 Å². The van der Waals surface area contributed by atoms with Crippen molar-refractivity contribution in [3.8, 4) is 5.69 Å². The van der Waals surface area contributed by atoms with Crippen LogP contribution in [0.2, 0.25) is 0 Å². The molecule has 0 aliphatic rings. The molecule has 0 spiro atoms. The van der Waals surface area contributed by atoms with Crippen LogP contribution in [-0.4, -0.2) is 32.0 Å². The molecule has 0 fully saturated rings. The molecule has 4 N–H and O–H groups in total. The van der Waals surface area contributed by atoms with Crippen LogP contribution in [0.3, 0.4) is 0 Å². The molecule has 0 aromatic carbocycles. The summed E-state index contributed by atoms with van der Waals surface area (Å²) in [5, 5.41) is 5.90. The lowest BCUT2D eigenvalue weighted by atomic mass is 10.0. The Morgan fingerprint density at radius 2 is 2.06 bits per heavy atom. The minimum absolute atomic E-state index is 0.139. The Kier molecular flexibility index (Phi) is 6.64. The molecule has 1 unspecified atom stereocenters. The van der Waals surface area contributed by atoms with E-state index in [-0.39, 0.29) is 29.0 Å². The lowest BCUT2D eigenvalue weighted by molar-refractivity contribution is -0.119. The highest BCUT2D eigenvalue weighted by atomic mass is 16.1. The van der Waals surface area contributed by atoms with Gasteiger partial charge in [0.2, 0.25) is 5.91 Å². The first-order chi connectivity index (χ1) is 14.8. The van der Waals surface area contributed by atoms with Crippen LogP contribution < -0.4 is 21.9 Å². The van der Waals surface area contributed by atoms with Crippen LogP contribution in [0.15, 0.2) is 41.6 Å². The molecule has 31 heavy (non-hydrogen) atoms. The van der Waals surface area contributed by atoms with E-state index in [1.165, 1.54) is 11.5 Å². The summed E-state index contributed by atoms with van der Waals surface area (Å²) in [4.78, 5) is 37.3. The first-order valence-electron chi connectivity index (χ1n) is 10.0. The molecule has 3 heterocycles. The minimum Gasteiger partial charge on any atom is -0.382 e. The van der Waals surface area contributed by atoms with Gasteiger partial charge in [-0.1, -0.05) is 13.0 Å². The van der Waals surface area contributed by atoms with Crippen molar-refractivity contribution in [1.82, 2.24) is 24.8 Å². The molecule has 9 heteroatoms. The molecule has 0 radical (unpaired) electrons. The number of anilines is 2. The van der Waals surface area contributed by atoms with E-state index in [1.54, 1.807) is 25.4 Å². The summed E-state index contributed by atoms with van der Waals surface area (Å²) in [6, 6.07) is 5.66. The van der Waals surface area contributed by atoms with Crippen molar-refractivity contribution in [2.24, 2.45) is 0 Å². The normalized spacial score (nSPS) is 11.7. The fraction of sp³-hybridized carbons (Fsp3) is 0.318. The summed E-state index contributed by atoms with van der Waals surface area (Å²) in [5.74, 6) is 0.448. The van der Waals surface area contributed by atoms with Gasteiger partial charge in [-0.2, -0.15) is 0 Å². The predicted molar refractivity (Wildman–Crippen MR) is 120 cm³/mol. The summed E-state index contributed by atoms with van der Waals surface area (Å²) in [6.45, 7) is 7.91. The second-order valence-electron chi connectivity index (χ2n) is 7.50. The van der Waals surface area contributed by atoms with Gasteiger partial charge >= 0.3 is 0 Å². The molecule has 0 aliphatic carbocycles. The maximum absolute atomic E-state index is 13.2. The maximum atomic E-state index is 13.2. The van der Waals surface area contributed by atoms with E-state index in [2.05, 4.69) is 25.6 Å². The molecule has 0 bridgehead atoms. The summed E-state index contributed by atoms with van der Waals surface area (Å²) in [7, 11) is 0. The van der Waals surface area contributed by atoms with Gasteiger partial charge in [-0.3, -0.25) is 19.1 Å². The third kappa shape index (κ3) is 5.06. The summed E-state index contributed by atoms with van der Waals surface area (Å²) in [5.41, 5.74) is 9.46. The Bertz CT molecular complexity index is 1140. The van der Waals surface area contributed by atoms with Gasteiger partial charge in [-0.15, -0.1) is 0 Å². The second kappa shape index (κ2) is 9.38. The Balaban J connectivity index is 1.93. The zero-order chi connectivity index (χ0) is 22.5. The van der Waals surface area contributed by atoms with Crippen LogP contribution in [-0.2, 0) is 11.3 Å². The second-order valence-corrected chi connectivity index (χ2v) is 7.50. The number of carbonyl (C=O) groups is 1. The van der Waals surface area contributed by atoms with Crippen LogP contribution >= 0.6 is 0 Å². The molecule has 1 atom stereocenters. The van der Waals surface area contributed by atoms with Gasteiger partial charge in [0.25, 0.3) is 5.56 Å². The van der Waals surface area contributed by atoms with Gasteiger partial charge in [-0.25, -0.2) is 9.97 Å². The quantitative estimate of drug-likeness (QED) is 0.533. The minimum atomic E-state index is -0.318. The molecule has 3 aromatic rings. The number of nitrogens with two attached hydrogens (primary N) is 1. The average Bonchev–Trinajstić information content (AvgIpc) is 2.74. The van der Waals surface area contributed by atoms with Crippen LogP contribution in [0.4, 0.5) is 11.6 Å². The monoisotopic (exact) mass is 421 g/mol. The van der Waals surface area contributed by atoms with E-state index >= 15 is 0 Å². The number of hydrogen-bond acceptors (Lipinski definition) is 7. The summed E-state index contributed by atoms with van der Waals surface area (Å²) in [6.07, 6.45) is 5.15. The number of nitrogen functional groups attached to an aromatic ring is 1. The van der Waals surface area contributed by atoms with Gasteiger partial charge in [0.1, 0.15) is 5.82 Å². The van der Waals surface area contributed by atoms with Crippen LogP contribution in [0.25, 0.3) is 5.69 Å². The molecule has 0 saturated heterocycles. The van der Waals surface area contributed by atoms with Crippen molar-refractivity contribution in [2.45, 2.75) is 40.2 Å². The zero-order valence-electron chi connectivity index (χ0n) is 18.1.